The molecule has 0 aliphatic heterocycles. The van der Waals surface area contributed by atoms with Crippen molar-refractivity contribution in [2.45, 2.75) is 26.3 Å². The van der Waals surface area contributed by atoms with Gasteiger partial charge in [0.05, 0.1) is 6.04 Å². The van der Waals surface area contributed by atoms with E-state index in [1.165, 1.54) is 15.3 Å². The Morgan fingerprint density at radius 2 is 2.11 bits per heavy atom. The van der Waals surface area contributed by atoms with Crippen LogP contribution in [0, 0.1) is 6.92 Å². The largest absolute Gasteiger partial charge is 0.306 e. The highest BCUT2D eigenvalue weighted by Gasteiger charge is 2.15. The molecular formula is C15H18BrNS. The second-order valence-electron chi connectivity index (χ2n) is 4.39. The zero-order valence-electron chi connectivity index (χ0n) is 10.7. The maximum atomic E-state index is 3.63. The highest BCUT2D eigenvalue weighted by atomic mass is 79.9. The molecule has 0 saturated carbocycles. The molecule has 0 aliphatic rings. The van der Waals surface area contributed by atoms with Crippen molar-refractivity contribution in [3.8, 4) is 0 Å². The monoisotopic (exact) mass is 323 g/mol. The summed E-state index contributed by atoms with van der Waals surface area (Å²) in [5.41, 5.74) is 1.32. The van der Waals surface area contributed by atoms with E-state index in [2.05, 4.69) is 71.5 Å². The highest BCUT2D eigenvalue weighted by Crippen LogP contribution is 2.29. The van der Waals surface area contributed by atoms with E-state index in [0.29, 0.717) is 6.04 Å². The Labute approximate surface area is 121 Å². The number of nitrogens with one attached hydrogen (secondary N) is 1. The zero-order valence-corrected chi connectivity index (χ0v) is 13.1. The van der Waals surface area contributed by atoms with Crippen LogP contribution in [-0.2, 0) is 0 Å². The molecule has 1 atom stereocenters. The summed E-state index contributed by atoms with van der Waals surface area (Å²) in [6.45, 7) is 5.39. The van der Waals surface area contributed by atoms with Crippen molar-refractivity contribution in [1.29, 1.82) is 0 Å². The molecule has 3 heteroatoms. The molecule has 1 heterocycles. The van der Waals surface area contributed by atoms with Crippen LogP contribution < -0.4 is 5.32 Å². The van der Waals surface area contributed by atoms with Crippen molar-refractivity contribution < 1.29 is 0 Å². The second kappa shape index (κ2) is 6.50. The van der Waals surface area contributed by atoms with Crippen LogP contribution in [0.1, 0.15) is 34.7 Å². The molecular weight excluding hydrogens is 306 g/mol. The van der Waals surface area contributed by atoms with Crippen LogP contribution >= 0.6 is 27.3 Å². The molecule has 0 aliphatic carbocycles. The fourth-order valence-electron chi connectivity index (χ4n) is 1.97. The third-order valence-corrected chi connectivity index (χ3v) is 4.38. The van der Waals surface area contributed by atoms with Gasteiger partial charge in [0.1, 0.15) is 0 Å². The van der Waals surface area contributed by atoms with Gasteiger partial charge >= 0.3 is 0 Å². The summed E-state index contributed by atoms with van der Waals surface area (Å²) in [4.78, 5) is 2.75. The molecule has 0 spiro atoms. The summed E-state index contributed by atoms with van der Waals surface area (Å²) in [5, 5.41) is 3.63. The molecule has 18 heavy (non-hydrogen) atoms. The van der Waals surface area contributed by atoms with Gasteiger partial charge in [0, 0.05) is 14.2 Å². The number of hydrogen-bond donors (Lipinski definition) is 1. The number of aryl methyl sites for hydroxylation is 1. The summed E-state index contributed by atoms with van der Waals surface area (Å²) in [5.74, 6) is 0. The molecule has 2 rings (SSSR count). The van der Waals surface area contributed by atoms with Gasteiger partial charge in [-0.1, -0.05) is 35.0 Å². The van der Waals surface area contributed by atoms with Crippen LogP contribution in [-0.4, -0.2) is 6.54 Å². The molecule has 2 aromatic rings. The molecule has 0 radical (unpaired) electrons. The van der Waals surface area contributed by atoms with Crippen molar-refractivity contribution >= 4 is 27.3 Å². The number of benzene rings is 1. The second-order valence-corrected chi connectivity index (χ2v) is 6.63. The van der Waals surface area contributed by atoms with Crippen molar-refractivity contribution in [1.82, 2.24) is 5.32 Å². The first kappa shape index (κ1) is 13.8. The molecule has 0 saturated heterocycles. The lowest BCUT2D eigenvalue weighted by Crippen LogP contribution is -2.22. The molecule has 0 bridgehead atoms. The summed E-state index contributed by atoms with van der Waals surface area (Å²) >= 11 is 5.42. The van der Waals surface area contributed by atoms with E-state index >= 15 is 0 Å². The van der Waals surface area contributed by atoms with Gasteiger partial charge in [-0.05, 0) is 49.7 Å². The predicted molar refractivity (Wildman–Crippen MR) is 83.3 cm³/mol. The van der Waals surface area contributed by atoms with Gasteiger partial charge in [-0.2, -0.15) is 0 Å². The van der Waals surface area contributed by atoms with E-state index in [9.17, 15) is 0 Å². The minimum absolute atomic E-state index is 0.307. The molecule has 1 aromatic carbocycles. The Morgan fingerprint density at radius 3 is 2.72 bits per heavy atom. The maximum Gasteiger partial charge on any atom is 0.0671 e. The number of hydrogen-bond acceptors (Lipinski definition) is 2. The maximum absolute atomic E-state index is 3.63. The fourth-order valence-corrected chi connectivity index (χ4v) is 3.36. The minimum Gasteiger partial charge on any atom is -0.306 e. The Morgan fingerprint density at radius 1 is 1.28 bits per heavy atom. The Hall–Kier alpha value is -0.640. The fraction of sp³-hybridized carbons (Fsp3) is 0.333. The van der Waals surface area contributed by atoms with Gasteiger partial charge in [-0.15, -0.1) is 11.3 Å². The number of halogens is 1. The van der Waals surface area contributed by atoms with E-state index in [1.54, 1.807) is 0 Å². The van der Waals surface area contributed by atoms with Gasteiger partial charge < -0.3 is 5.32 Å². The third-order valence-electron chi connectivity index (χ3n) is 2.83. The van der Waals surface area contributed by atoms with Crippen LogP contribution in [0.4, 0.5) is 0 Å². The van der Waals surface area contributed by atoms with E-state index in [4.69, 9.17) is 0 Å². The van der Waals surface area contributed by atoms with Crippen LogP contribution in [0.5, 0.6) is 0 Å². The van der Waals surface area contributed by atoms with Crippen molar-refractivity contribution in [3.63, 3.8) is 0 Å². The SMILES string of the molecule is CCCNC(c1cccc(Br)c1)c1ccc(C)s1. The zero-order chi connectivity index (χ0) is 13.0. The first-order valence-electron chi connectivity index (χ1n) is 6.26. The Kier molecular flexibility index (Phi) is 4.98. The summed E-state index contributed by atoms with van der Waals surface area (Å²) in [6.07, 6.45) is 1.15. The van der Waals surface area contributed by atoms with Gasteiger partial charge in [-0.25, -0.2) is 0 Å². The lowest BCUT2D eigenvalue weighted by atomic mass is 10.1. The Balaban J connectivity index is 2.30. The minimum atomic E-state index is 0.307. The van der Waals surface area contributed by atoms with Gasteiger partial charge in [0.25, 0.3) is 0 Å². The summed E-state index contributed by atoms with van der Waals surface area (Å²) in [6, 6.07) is 13.3. The molecule has 0 amide bonds. The standard InChI is InChI=1S/C15H18BrNS/c1-3-9-17-15(14-8-7-11(2)18-14)12-5-4-6-13(16)10-12/h4-8,10,15,17H,3,9H2,1-2H3. The van der Waals surface area contributed by atoms with Crippen LogP contribution in [0.15, 0.2) is 40.9 Å². The number of rotatable bonds is 5. The quantitative estimate of drug-likeness (QED) is 0.824. The molecule has 0 fully saturated rings. The lowest BCUT2D eigenvalue weighted by Gasteiger charge is -2.18. The average molecular weight is 324 g/mol. The van der Waals surface area contributed by atoms with E-state index < -0.39 is 0 Å². The van der Waals surface area contributed by atoms with Crippen LogP contribution in [0.3, 0.4) is 0 Å². The molecule has 1 aromatic heterocycles. The lowest BCUT2D eigenvalue weighted by molar-refractivity contribution is 0.605. The first-order valence-corrected chi connectivity index (χ1v) is 7.87. The molecule has 1 nitrogen and oxygen atoms in total. The average Bonchev–Trinajstić information content (AvgIpc) is 2.76. The van der Waals surface area contributed by atoms with E-state index in [1.807, 2.05) is 11.3 Å². The topological polar surface area (TPSA) is 12.0 Å². The van der Waals surface area contributed by atoms with E-state index in [-0.39, 0.29) is 0 Å². The predicted octanol–water partition coefficient (Wildman–Crippen LogP) is 4.91. The summed E-state index contributed by atoms with van der Waals surface area (Å²) in [7, 11) is 0. The summed E-state index contributed by atoms with van der Waals surface area (Å²) < 4.78 is 1.14. The smallest absolute Gasteiger partial charge is 0.0671 e. The van der Waals surface area contributed by atoms with Gasteiger partial charge in [0.15, 0.2) is 0 Å². The number of thiophene rings is 1. The van der Waals surface area contributed by atoms with E-state index in [0.717, 1.165) is 17.4 Å². The van der Waals surface area contributed by atoms with Crippen LogP contribution in [0.2, 0.25) is 0 Å². The molecule has 1 N–H and O–H groups in total. The highest BCUT2D eigenvalue weighted by molar-refractivity contribution is 9.10. The van der Waals surface area contributed by atoms with Crippen molar-refractivity contribution in [3.05, 3.63) is 56.2 Å². The third kappa shape index (κ3) is 3.44. The normalized spacial score (nSPS) is 12.6. The van der Waals surface area contributed by atoms with Gasteiger partial charge in [0.2, 0.25) is 0 Å². The van der Waals surface area contributed by atoms with Crippen molar-refractivity contribution in [2.75, 3.05) is 6.54 Å². The first-order chi connectivity index (χ1) is 8.70. The van der Waals surface area contributed by atoms with Gasteiger partial charge in [-0.3, -0.25) is 0 Å². The Bertz CT molecular complexity index is 507. The van der Waals surface area contributed by atoms with Crippen LogP contribution in [0.25, 0.3) is 0 Å². The molecule has 96 valence electrons. The molecule has 1 unspecified atom stereocenters. The van der Waals surface area contributed by atoms with Crippen molar-refractivity contribution in [2.24, 2.45) is 0 Å².